The Morgan fingerprint density at radius 2 is 2.20 bits per heavy atom. The molecule has 1 aliphatic rings. The molecule has 10 heavy (non-hydrogen) atoms. The maximum Gasteiger partial charge on any atom is 0.114 e. The Bertz CT molecular complexity index is 114. The van der Waals surface area contributed by atoms with Crippen LogP contribution in [0.1, 0.15) is 13.3 Å². The van der Waals surface area contributed by atoms with E-state index in [0.717, 1.165) is 0 Å². The van der Waals surface area contributed by atoms with E-state index >= 15 is 0 Å². The van der Waals surface area contributed by atoms with Crippen LogP contribution in [0.3, 0.4) is 0 Å². The molecular formula is C7H19NSi2. The van der Waals surface area contributed by atoms with Crippen molar-refractivity contribution in [2.75, 3.05) is 6.54 Å². The fourth-order valence-corrected chi connectivity index (χ4v) is 11.4. The van der Waals surface area contributed by atoms with E-state index in [1.807, 2.05) is 0 Å². The van der Waals surface area contributed by atoms with Gasteiger partial charge in [-0.2, -0.15) is 0 Å². The van der Waals surface area contributed by atoms with Crippen LogP contribution < -0.4 is 0 Å². The lowest BCUT2D eigenvalue weighted by Gasteiger charge is -2.29. The smallest absolute Gasteiger partial charge is 0.114 e. The summed E-state index contributed by atoms with van der Waals surface area (Å²) in [5, 5.41) is 0. The molecule has 1 heterocycles. The van der Waals surface area contributed by atoms with Gasteiger partial charge in [0.25, 0.3) is 0 Å². The topological polar surface area (TPSA) is 3.24 Å². The summed E-state index contributed by atoms with van der Waals surface area (Å²) in [7, 11) is -0.558. The highest BCUT2D eigenvalue weighted by Crippen LogP contribution is 2.24. The molecule has 0 aromatic heterocycles. The predicted molar refractivity (Wildman–Crippen MR) is 52.6 cm³/mol. The van der Waals surface area contributed by atoms with Crippen molar-refractivity contribution in [2.24, 2.45) is 0 Å². The molecule has 0 aromatic rings. The van der Waals surface area contributed by atoms with Crippen molar-refractivity contribution >= 4 is 17.9 Å². The molecule has 0 unspecified atom stereocenters. The number of rotatable bonds is 2. The van der Waals surface area contributed by atoms with Crippen LogP contribution >= 0.6 is 0 Å². The summed E-state index contributed by atoms with van der Waals surface area (Å²) < 4.78 is 2.88. The maximum absolute atomic E-state index is 2.88. The second kappa shape index (κ2) is 3.19. The van der Waals surface area contributed by atoms with E-state index in [1.54, 1.807) is 12.1 Å². The zero-order valence-electron chi connectivity index (χ0n) is 7.48. The highest BCUT2D eigenvalue weighted by atomic mass is 28.4. The Labute approximate surface area is 67.8 Å². The van der Waals surface area contributed by atoms with Crippen LogP contribution in [0.4, 0.5) is 0 Å². The van der Waals surface area contributed by atoms with Gasteiger partial charge in [-0.15, -0.1) is 0 Å². The monoisotopic (exact) mass is 173 g/mol. The van der Waals surface area contributed by atoms with Gasteiger partial charge in [-0.3, -0.25) is 0 Å². The summed E-state index contributed by atoms with van der Waals surface area (Å²) in [6.07, 6.45) is 1.36. The highest BCUT2D eigenvalue weighted by molar-refractivity contribution is 6.83. The van der Waals surface area contributed by atoms with E-state index in [0.29, 0.717) is 0 Å². The van der Waals surface area contributed by atoms with Gasteiger partial charge < -0.3 is 4.23 Å². The minimum absolute atomic E-state index is 0.237. The molecule has 0 saturated carbocycles. The summed E-state index contributed by atoms with van der Waals surface area (Å²) in [5.74, 6) is 0. The van der Waals surface area contributed by atoms with Gasteiger partial charge in [0, 0.05) is 0 Å². The molecule has 0 aromatic carbocycles. The molecule has 0 atom stereocenters. The fraction of sp³-hybridized carbons (Fsp3) is 1.00. The molecule has 1 rings (SSSR count). The van der Waals surface area contributed by atoms with E-state index in [1.165, 1.54) is 13.0 Å². The lowest BCUT2D eigenvalue weighted by atomic mass is 10.5. The molecule has 0 radical (unpaired) electrons. The van der Waals surface area contributed by atoms with Crippen LogP contribution in [0.15, 0.2) is 0 Å². The molecule has 3 heteroatoms. The summed E-state index contributed by atoms with van der Waals surface area (Å²) in [4.78, 5) is 0. The minimum atomic E-state index is -0.795. The lowest BCUT2D eigenvalue weighted by Crippen LogP contribution is -2.44. The molecule has 1 saturated heterocycles. The van der Waals surface area contributed by atoms with Gasteiger partial charge in [-0.1, -0.05) is 26.1 Å². The molecular weight excluding hydrogens is 154 g/mol. The van der Waals surface area contributed by atoms with Crippen LogP contribution in [0.25, 0.3) is 0 Å². The van der Waals surface area contributed by atoms with Crippen molar-refractivity contribution in [3.8, 4) is 0 Å². The summed E-state index contributed by atoms with van der Waals surface area (Å²) in [6.45, 7) is 8.77. The average molecular weight is 173 g/mol. The van der Waals surface area contributed by atoms with Gasteiger partial charge in [0.2, 0.25) is 0 Å². The normalized spacial score (nSPS) is 27.9. The third-order valence-corrected chi connectivity index (χ3v) is 11.6. The Hall–Kier alpha value is 0.394. The highest BCUT2D eigenvalue weighted by Gasteiger charge is 2.32. The van der Waals surface area contributed by atoms with E-state index in [4.69, 9.17) is 0 Å². The van der Waals surface area contributed by atoms with Crippen molar-refractivity contribution in [2.45, 2.75) is 38.5 Å². The first kappa shape index (κ1) is 8.49. The van der Waals surface area contributed by atoms with Crippen molar-refractivity contribution in [3.63, 3.8) is 0 Å². The average Bonchev–Trinajstić information content (AvgIpc) is 2.13. The van der Waals surface area contributed by atoms with Gasteiger partial charge in [-0.25, -0.2) is 0 Å². The van der Waals surface area contributed by atoms with Crippen LogP contribution in [0.2, 0.25) is 25.2 Å². The quantitative estimate of drug-likeness (QED) is 0.571. The van der Waals surface area contributed by atoms with Gasteiger partial charge in [-0.05, 0) is 19.0 Å². The summed E-state index contributed by atoms with van der Waals surface area (Å²) in [6, 6.07) is 3.18. The molecule has 1 aliphatic heterocycles. The largest absolute Gasteiger partial charge is 0.350 e. The van der Waals surface area contributed by atoms with Crippen LogP contribution in [-0.4, -0.2) is 28.7 Å². The first-order valence-corrected chi connectivity index (χ1v) is 9.20. The minimum Gasteiger partial charge on any atom is -0.350 e. The second-order valence-electron chi connectivity index (χ2n) is 3.90. The molecule has 0 N–H and O–H groups in total. The van der Waals surface area contributed by atoms with Crippen LogP contribution in [-0.2, 0) is 0 Å². The second-order valence-corrected chi connectivity index (χ2v) is 11.2. The third kappa shape index (κ3) is 1.71. The van der Waals surface area contributed by atoms with E-state index in [2.05, 4.69) is 24.2 Å². The Balaban J connectivity index is 2.43. The van der Waals surface area contributed by atoms with E-state index in [-0.39, 0.29) is 9.68 Å². The summed E-state index contributed by atoms with van der Waals surface area (Å²) in [5.41, 5.74) is 0. The molecule has 0 amide bonds. The number of hydrogen-bond acceptors (Lipinski definition) is 1. The Morgan fingerprint density at radius 1 is 1.50 bits per heavy atom. The van der Waals surface area contributed by atoms with E-state index < -0.39 is 8.24 Å². The molecule has 60 valence electrons. The van der Waals surface area contributed by atoms with Gasteiger partial charge in [0.1, 0.15) is 8.24 Å². The Kier molecular flexibility index (Phi) is 2.71. The fourth-order valence-electron chi connectivity index (χ4n) is 1.85. The predicted octanol–water partition coefficient (Wildman–Crippen LogP) is 1.42. The maximum atomic E-state index is 2.88. The zero-order chi connectivity index (χ0) is 7.61. The van der Waals surface area contributed by atoms with Crippen molar-refractivity contribution < 1.29 is 0 Å². The summed E-state index contributed by atoms with van der Waals surface area (Å²) >= 11 is 0. The molecule has 1 nitrogen and oxygen atoms in total. The molecule has 1 fully saturated rings. The SMILES string of the molecule is CCCN1[SiH2]CC[Si]1(C)C. The van der Waals surface area contributed by atoms with Crippen LogP contribution in [0.5, 0.6) is 0 Å². The first-order valence-electron chi connectivity index (χ1n) is 4.42. The van der Waals surface area contributed by atoms with Gasteiger partial charge in [0.15, 0.2) is 0 Å². The van der Waals surface area contributed by atoms with Crippen molar-refractivity contribution in [1.82, 2.24) is 4.23 Å². The van der Waals surface area contributed by atoms with E-state index in [9.17, 15) is 0 Å². The van der Waals surface area contributed by atoms with Crippen LogP contribution in [0, 0.1) is 0 Å². The standard InChI is InChI=1S/C7H19NSi2/c1-4-5-8-9-6-7-10(8,2)3/h4-7,9H2,1-3H3. The lowest BCUT2D eigenvalue weighted by molar-refractivity contribution is 0.637. The van der Waals surface area contributed by atoms with Gasteiger partial charge >= 0.3 is 0 Å². The first-order chi connectivity index (χ1) is 4.67. The van der Waals surface area contributed by atoms with Crippen molar-refractivity contribution in [3.05, 3.63) is 0 Å². The van der Waals surface area contributed by atoms with Crippen molar-refractivity contribution in [1.29, 1.82) is 0 Å². The number of nitrogens with zero attached hydrogens (tertiary/aromatic N) is 1. The molecule has 0 aliphatic carbocycles. The molecule has 0 bridgehead atoms. The Morgan fingerprint density at radius 3 is 2.60 bits per heavy atom. The zero-order valence-corrected chi connectivity index (χ0v) is 9.90. The molecule has 0 spiro atoms. The number of hydrogen-bond donors (Lipinski definition) is 0. The third-order valence-electron chi connectivity index (χ3n) is 2.57. The van der Waals surface area contributed by atoms with Gasteiger partial charge in [0.05, 0.1) is 9.68 Å².